The SMILES string of the molecule is CCN(CC)C(=O)CNC(=O)C1CCCCC1N. The van der Waals surface area contributed by atoms with Gasteiger partial charge in [-0.15, -0.1) is 0 Å². The monoisotopic (exact) mass is 255 g/mol. The number of hydrogen-bond donors (Lipinski definition) is 2. The van der Waals surface area contributed by atoms with Gasteiger partial charge >= 0.3 is 0 Å². The van der Waals surface area contributed by atoms with Crippen LogP contribution in [0.25, 0.3) is 0 Å². The fourth-order valence-electron chi connectivity index (χ4n) is 2.47. The first-order valence-corrected chi connectivity index (χ1v) is 6.91. The highest BCUT2D eigenvalue weighted by atomic mass is 16.2. The quantitative estimate of drug-likeness (QED) is 0.750. The Morgan fingerprint density at radius 3 is 2.39 bits per heavy atom. The van der Waals surface area contributed by atoms with Crippen LogP contribution in [-0.4, -0.2) is 42.4 Å². The Morgan fingerprint density at radius 2 is 1.83 bits per heavy atom. The maximum atomic E-state index is 12.0. The molecule has 0 radical (unpaired) electrons. The van der Waals surface area contributed by atoms with Gasteiger partial charge in [-0.3, -0.25) is 9.59 Å². The maximum Gasteiger partial charge on any atom is 0.241 e. The van der Waals surface area contributed by atoms with Gasteiger partial charge in [-0.05, 0) is 26.7 Å². The van der Waals surface area contributed by atoms with Crippen molar-refractivity contribution in [1.29, 1.82) is 0 Å². The molecule has 1 saturated carbocycles. The Labute approximate surface area is 109 Å². The van der Waals surface area contributed by atoms with Crippen LogP contribution in [0.5, 0.6) is 0 Å². The minimum atomic E-state index is -0.122. The van der Waals surface area contributed by atoms with Crippen molar-refractivity contribution in [2.24, 2.45) is 11.7 Å². The van der Waals surface area contributed by atoms with Crippen molar-refractivity contribution in [3.05, 3.63) is 0 Å². The average molecular weight is 255 g/mol. The average Bonchev–Trinajstić information content (AvgIpc) is 2.38. The highest BCUT2D eigenvalue weighted by Gasteiger charge is 2.28. The van der Waals surface area contributed by atoms with Gasteiger partial charge in [-0.1, -0.05) is 12.8 Å². The van der Waals surface area contributed by atoms with E-state index in [0.29, 0.717) is 13.1 Å². The zero-order valence-electron chi connectivity index (χ0n) is 11.4. The summed E-state index contributed by atoms with van der Waals surface area (Å²) in [6.07, 6.45) is 3.90. The molecule has 1 fully saturated rings. The van der Waals surface area contributed by atoms with E-state index in [9.17, 15) is 9.59 Å². The van der Waals surface area contributed by atoms with Crippen LogP contribution in [0, 0.1) is 5.92 Å². The lowest BCUT2D eigenvalue weighted by molar-refractivity contribution is -0.134. The number of nitrogens with zero attached hydrogens (tertiary/aromatic N) is 1. The van der Waals surface area contributed by atoms with Gasteiger partial charge in [0.1, 0.15) is 0 Å². The van der Waals surface area contributed by atoms with Crippen LogP contribution >= 0.6 is 0 Å². The van der Waals surface area contributed by atoms with Crippen molar-refractivity contribution in [2.45, 2.75) is 45.6 Å². The molecular weight excluding hydrogens is 230 g/mol. The molecule has 0 aliphatic heterocycles. The fourth-order valence-corrected chi connectivity index (χ4v) is 2.47. The lowest BCUT2D eigenvalue weighted by Crippen LogP contribution is -2.47. The van der Waals surface area contributed by atoms with Gasteiger partial charge in [0, 0.05) is 19.1 Å². The summed E-state index contributed by atoms with van der Waals surface area (Å²) in [6.45, 7) is 5.30. The first kappa shape index (κ1) is 15.0. The van der Waals surface area contributed by atoms with Crippen LogP contribution in [0.15, 0.2) is 0 Å². The van der Waals surface area contributed by atoms with Gasteiger partial charge < -0.3 is 16.0 Å². The number of rotatable bonds is 5. The molecule has 3 N–H and O–H groups in total. The summed E-state index contributed by atoms with van der Waals surface area (Å²) in [5, 5.41) is 2.72. The molecule has 1 rings (SSSR count). The van der Waals surface area contributed by atoms with E-state index in [1.54, 1.807) is 4.90 Å². The van der Waals surface area contributed by atoms with E-state index < -0.39 is 0 Å². The van der Waals surface area contributed by atoms with Crippen molar-refractivity contribution in [2.75, 3.05) is 19.6 Å². The third-order valence-corrected chi connectivity index (χ3v) is 3.69. The molecule has 2 atom stereocenters. The summed E-state index contributed by atoms with van der Waals surface area (Å²) >= 11 is 0. The van der Waals surface area contributed by atoms with Gasteiger partial charge in [0.25, 0.3) is 0 Å². The smallest absolute Gasteiger partial charge is 0.241 e. The van der Waals surface area contributed by atoms with Gasteiger partial charge in [0.2, 0.25) is 11.8 Å². The topological polar surface area (TPSA) is 75.4 Å². The van der Waals surface area contributed by atoms with Gasteiger partial charge in [-0.2, -0.15) is 0 Å². The second-order valence-electron chi connectivity index (χ2n) is 4.84. The van der Waals surface area contributed by atoms with Gasteiger partial charge in [0.15, 0.2) is 0 Å². The highest BCUT2D eigenvalue weighted by Crippen LogP contribution is 2.22. The Morgan fingerprint density at radius 1 is 1.22 bits per heavy atom. The van der Waals surface area contributed by atoms with Crippen LogP contribution in [0.1, 0.15) is 39.5 Å². The number of nitrogens with one attached hydrogen (secondary N) is 1. The van der Waals surface area contributed by atoms with Crippen LogP contribution in [-0.2, 0) is 9.59 Å². The standard InChI is InChI=1S/C13H25N3O2/c1-3-16(4-2)12(17)9-15-13(18)10-7-5-6-8-11(10)14/h10-11H,3-9,14H2,1-2H3,(H,15,18). The molecule has 0 bridgehead atoms. The summed E-state index contributed by atoms with van der Waals surface area (Å²) in [7, 11) is 0. The number of likely N-dealkylation sites (N-methyl/N-ethyl adjacent to an activating group) is 1. The number of hydrogen-bond acceptors (Lipinski definition) is 3. The van der Waals surface area contributed by atoms with E-state index in [0.717, 1.165) is 25.7 Å². The minimum absolute atomic E-state index is 0.0299. The van der Waals surface area contributed by atoms with Crippen molar-refractivity contribution in [3.63, 3.8) is 0 Å². The number of nitrogens with two attached hydrogens (primary N) is 1. The number of amides is 2. The molecule has 0 aromatic carbocycles. The first-order chi connectivity index (χ1) is 8.60. The van der Waals surface area contributed by atoms with E-state index in [4.69, 9.17) is 5.73 Å². The lowest BCUT2D eigenvalue weighted by Gasteiger charge is -2.27. The Balaban J connectivity index is 2.38. The van der Waals surface area contributed by atoms with Crippen molar-refractivity contribution < 1.29 is 9.59 Å². The van der Waals surface area contributed by atoms with Crippen molar-refractivity contribution in [3.8, 4) is 0 Å². The van der Waals surface area contributed by atoms with Crippen molar-refractivity contribution in [1.82, 2.24) is 10.2 Å². The summed E-state index contributed by atoms with van der Waals surface area (Å²) < 4.78 is 0. The molecule has 2 unspecified atom stereocenters. The summed E-state index contributed by atoms with van der Waals surface area (Å²) in [5.74, 6) is -0.219. The first-order valence-electron chi connectivity index (χ1n) is 6.91. The Bertz CT molecular complexity index is 290. The Hall–Kier alpha value is -1.10. The molecular formula is C13H25N3O2. The predicted octanol–water partition coefficient (Wildman–Crippen LogP) is 0.489. The third kappa shape index (κ3) is 3.98. The molecule has 0 heterocycles. The summed E-state index contributed by atoms with van der Waals surface area (Å²) in [4.78, 5) is 25.4. The summed E-state index contributed by atoms with van der Waals surface area (Å²) in [5.41, 5.74) is 5.94. The number of carbonyl (C=O) groups is 2. The zero-order chi connectivity index (χ0) is 13.5. The summed E-state index contributed by atoms with van der Waals surface area (Å²) in [6, 6.07) is -0.0534. The molecule has 2 amide bonds. The molecule has 5 heteroatoms. The van der Waals surface area contributed by atoms with E-state index >= 15 is 0 Å². The third-order valence-electron chi connectivity index (χ3n) is 3.69. The van der Waals surface area contributed by atoms with Gasteiger partial charge in [-0.25, -0.2) is 0 Å². The maximum absolute atomic E-state index is 12.0. The predicted molar refractivity (Wildman–Crippen MR) is 70.9 cm³/mol. The second kappa shape index (κ2) is 7.36. The molecule has 0 aromatic rings. The largest absolute Gasteiger partial charge is 0.347 e. The van der Waals surface area contributed by atoms with Crippen molar-refractivity contribution >= 4 is 11.8 Å². The van der Waals surface area contributed by atoms with E-state index in [1.807, 2.05) is 13.8 Å². The van der Waals surface area contributed by atoms with Crippen LogP contribution < -0.4 is 11.1 Å². The molecule has 104 valence electrons. The highest BCUT2D eigenvalue weighted by molar-refractivity contribution is 5.86. The van der Waals surface area contributed by atoms with Gasteiger partial charge in [0.05, 0.1) is 12.5 Å². The molecule has 1 aliphatic carbocycles. The molecule has 18 heavy (non-hydrogen) atoms. The molecule has 0 spiro atoms. The van der Waals surface area contributed by atoms with E-state index in [1.165, 1.54) is 0 Å². The fraction of sp³-hybridized carbons (Fsp3) is 0.846. The molecule has 1 aliphatic rings. The Kier molecular flexibility index (Phi) is 6.12. The van der Waals surface area contributed by atoms with Crippen LogP contribution in [0.3, 0.4) is 0 Å². The van der Waals surface area contributed by atoms with E-state index in [-0.39, 0.29) is 30.3 Å². The molecule has 5 nitrogen and oxygen atoms in total. The van der Waals surface area contributed by atoms with Crippen LogP contribution in [0.4, 0.5) is 0 Å². The van der Waals surface area contributed by atoms with Crippen LogP contribution in [0.2, 0.25) is 0 Å². The normalized spacial score (nSPS) is 23.5. The van der Waals surface area contributed by atoms with E-state index in [2.05, 4.69) is 5.32 Å². The second-order valence-corrected chi connectivity index (χ2v) is 4.84. The minimum Gasteiger partial charge on any atom is -0.347 e. The lowest BCUT2D eigenvalue weighted by atomic mass is 9.84. The molecule has 0 aromatic heterocycles. The zero-order valence-corrected chi connectivity index (χ0v) is 11.4. The number of carbonyl (C=O) groups excluding carboxylic acids is 2. The molecule has 0 saturated heterocycles.